The Kier molecular flexibility index (Phi) is 2.44. The van der Waals surface area contributed by atoms with Gasteiger partial charge in [-0.3, -0.25) is 0 Å². The molecule has 1 N–H and O–H groups in total. The first-order chi connectivity index (χ1) is 6.25. The van der Waals surface area contributed by atoms with Crippen LogP contribution in [0.15, 0.2) is 6.07 Å². The normalized spacial score (nSPS) is 11.8. The first-order valence-corrected chi connectivity index (χ1v) is 4.68. The molecule has 0 atom stereocenters. The number of hydrogen-bond acceptors (Lipinski definition) is 1. The summed E-state index contributed by atoms with van der Waals surface area (Å²) >= 11 is 0. The number of rotatable bonds is 1. The molecule has 0 amide bonds. The van der Waals surface area contributed by atoms with Crippen LogP contribution in [-0.2, 0) is 5.54 Å². The van der Waals surface area contributed by atoms with E-state index in [0.29, 0.717) is 5.56 Å². The maximum Gasteiger partial charge on any atom is 0.337 e. The Morgan fingerprint density at radius 2 is 1.86 bits per heavy atom. The van der Waals surface area contributed by atoms with Crippen molar-refractivity contribution in [1.82, 2.24) is 4.57 Å². The van der Waals surface area contributed by atoms with Crippen molar-refractivity contribution in [3.8, 4) is 0 Å². The second-order valence-corrected chi connectivity index (χ2v) is 4.60. The Balaban J connectivity index is 3.40. The van der Waals surface area contributed by atoms with Gasteiger partial charge in [-0.1, -0.05) is 0 Å². The highest BCUT2D eigenvalue weighted by molar-refractivity contribution is 5.89. The summed E-state index contributed by atoms with van der Waals surface area (Å²) < 4.78 is 2.05. The molecule has 1 heterocycles. The zero-order chi connectivity index (χ0) is 11.1. The molecule has 0 bridgehead atoms. The smallest absolute Gasteiger partial charge is 0.337 e. The topological polar surface area (TPSA) is 42.2 Å². The summed E-state index contributed by atoms with van der Waals surface area (Å²) in [5.41, 5.74) is 2.15. The number of aromatic carboxylic acids is 1. The van der Waals surface area contributed by atoms with E-state index in [2.05, 4.69) is 25.3 Å². The third-order valence-electron chi connectivity index (χ3n) is 2.33. The van der Waals surface area contributed by atoms with Gasteiger partial charge in [-0.25, -0.2) is 4.79 Å². The lowest BCUT2D eigenvalue weighted by atomic mass is 10.1. The van der Waals surface area contributed by atoms with E-state index >= 15 is 0 Å². The van der Waals surface area contributed by atoms with Gasteiger partial charge in [0.1, 0.15) is 0 Å². The number of carboxylic acid groups (broad SMARTS) is 1. The summed E-state index contributed by atoms with van der Waals surface area (Å²) in [4.78, 5) is 10.9. The van der Waals surface area contributed by atoms with Gasteiger partial charge in [-0.15, -0.1) is 0 Å². The number of carbonyl (C=O) groups is 1. The van der Waals surface area contributed by atoms with E-state index in [4.69, 9.17) is 5.11 Å². The van der Waals surface area contributed by atoms with Crippen LogP contribution in [0.25, 0.3) is 0 Å². The molecule has 0 aliphatic carbocycles. The number of hydrogen-bond donors (Lipinski definition) is 1. The molecule has 14 heavy (non-hydrogen) atoms. The number of aryl methyl sites for hydroxylation is 1. The molecule has 0 spiro atoms. The monoisotopic (exact) mass is 195 g/mol. The standard InChI is InChI=1S/C11H17NO2/c1-7-6-9(10(13)14)8(2)12(7)11(3,4)5/h6H,1-5H3,(H,13,14). The average Bonchev–Trinajstić information content (AvgIpc) is 2.24. The second kappa shape index (κ2) is 3.15. The Morgan fingerprint density at radius 1 is 1.36 bits per heavy atom. The van der Waals surface area contributed by atoms with Crippen molar-refractivity contribution in [3.63, 3.8) is 0 Å². The van der Waals surface area contributed by atoms with Crippen LogP contribution >= 0.6 is 0 Å². The van der Waals surface area contributed by atoms with E-state index in [9.17, 15) is 4.79 Å². The highest BCUT2D eigenvalue weighted by atomic mass is 16.4. The van der Waals surface area contributed by atoms with Crippen LogP contribution in [0.3, 0.4) is 0 Å². The quantitative estimate of drug-likeness (QED) is 0.748. The van der Waals surface area contributed by atoms with E-state index < -0.39 is 5.97 Å². The van der Waals surface area contributed by atoms with Gasteiger partial charge in [0.25, 0.3) is 0 Å². The fourth-order valence-electron chi connectivity index (χ4n) is 2.01. The third kappa shape index (κ3) is 1.67. The predicted molar refractivity (Wildman–Crippen MR) is 55.9 cm³/mol. The minimum absolute atomic E-state index is 0.0676. The Labute approximate surface area is 84.4 Å². The lowest BCUT2D eigenvalue weighted by Gasteiger charge is -2.25. The van der Waals surface area contributed by atoms with Crippen molar-refractivity contribution in [3.05, 3.63) is 23.0 Å². The predicted octanol–water partition coefficient (Wildman–Crippen LogP) is 2.56. The van der Waals surface area contributed by atoms with Gasteiger partial charge >= 0.3 is 5.97 Å². The minimum Gasteiger partial charge on any atom is -0.478 e. The van der Waals surface area contributed by atoms with Crippen LogP contribution in [-0.4, -0.2) is 15.6 Å². The highest BCUT2D eigenvalue weighted by Crippen LogP contribution is 2.24. The van der Waals surface area contributed by atoms with Crippen molar-refractivity contribution in [2.24, 2.45) is 0 Å². The SMILES string of the molecule is Cc1cc(C(=O)O)c(C)n1C(C)(C)C. The van der Waals surface area contributed by atoms with Crippen LogP contribution in [0.2, 0.25) is 0 Å². The first-order valence-electron chi connectivity index (χ1n) is 4.68. The zero-order valence-electron chi connectivity index (χ0n) is 9.38. The molecule has 0 aliphatic rings. The average molecular weight is 195 g/mol. The number of aromatic nitrogens is 1. The molecule has 0 aromatic carbocycles. The maximum atomic E-state index is 10.9. The van der Waals surface area contributed by atoms with Gasteiger partial charge in [-0.05, 0) is 40.7 Å². The van der Waals surface area contributed by atoms with Crippen LogP contribution in [0.4, 0.5) is 0 Å². The Hall–Kier alpha value is -1.25. The van der Waals surface area contributed by atoms with E-state index in [0.717, 1.165) is 11.4 Å². The Morgan fingerprint density at radius 3 is 2.07 bits per heavy atom. The summed E-state index contributed by atoms with van der Waals surface area (Å²) in [5, 5.41) is 8.96. The molecule has 0 unspecified atom stereocenters. The van der Waals surface area contributed by atoms with Crippen LogP contribution in [0.1, 0.15) is 42.5 Å². The minimum atomic E-state index is -0.853. The third-order valence-corrected chi connectivity index (χ3v) is 2.33. The molecule has 1 aromatic rings. The molecule has 1 rings (SSSR count). The van der Waals surface area contributed by atoms with E-state index in [1.165, 1.54) is 0 Å². The molecule has 3 heteroatoms. The van der Waals surface area contributed by atoms with E-state index in [1.807, 2.05) is 13.8 Å². The van der Waals surface area contributed by atoms with Gasteiger partial charge in [0.2, 0.25) is 0 Å². The van der Waals surface area contributed by atoms with Crippen LogP contribution in [0, 0.1) is 13.8 Å². The summed E-state index contributed by atoms with van der Waals surface area (Å²) in [5.74, 6) is -0.853. The number of nitrogens with zero attached hydrogens (tertiary/aromatic N) is 1. The summed E-state index contributed by atoms with van der Waals surface area (Å²) in [7, 11) is 0. The molecule has 78 valence electrons. The van der Waals surface area contributed by atoms with Crippen molar-refractivity contribution in [2.75, 3.05) is 0 Å². The van der Waals surface area contributed by atoms with E-state index in [1.54, 1.807) is 6.07 Å². The van der Waals surface area contributed by atoms with Crippen molar-refractivity contribution in [2.45, 2.75) is 40.2 Å². The lowest BCUT2D eigenvalue weighted by molar-refractivity contribution is 0.0696. The van der Waals surface area contributed by atoms with Crippen molar-refractivity contribution >= 4 is 5.97 Å². The summed E-state index contributed by atoms with van der Waals surface area (Å²) in [6, 6.07) is 1.73. The largest absolute Gasteiger partial charge is 0.478 e. The second-order valence-electron chi connectivity index (χ2n) is 4.60. The van der Waals surface area contributed by atoms with Crippen molar-refractivity contribution < 1.29 is 9.90 Å². The van der Waals surface area contributed by atoms with Gasteiger partial charge < -0.3 is 9.67 Å². The number of carboxylic acids is 1. The molecule has 0 fully saturated rings. The molecule has 0 aliphatic heterocycles. The van der Waals surface area contributed by atoms with Crippen molar-refractivity contribution in [1.29, 1.82) is 0 Å². The van der Waals surface area contributed by atoms with E-state index in [-0.39, 0.29) is 5.54 Å². The van der Waals surface area contributed by atoms with Crippen LogP contribution < -0.4 is 0 Å². The maximum absolute atomic E-state index is 10.9. The van der Waals surface area contributed by atoms with Crippen LogP contribution in [0.5, 0.6) is 0 Å². The highest BCUT2D eigenvalue weighted by Gasteiger charge is 2.21. The van der Waals surface area contributed by atoms with Gasteiger partial charge in [0.05, 0.1) is 5.56 Å². The van der Waals surface area contributed by atoms with Gasteiger partial charge in [0, 0.05) is 16.9 Å². The molecule has 0 saturated carbocycles. The van der Waals surface area contributed by atoms with Gasteiger partial charge in [-0.2, -0.15) is 0 Å². The fourth-order valence-corrected chi connectivity index (χ4v) is 2.01. The molecule has 0 saturated heterocycles. The molecule has 3 nitrogen and oxygen atoms in total. The first kappa shape index (κ1) is 10.8. The molecular formula is C11H17NO2. The lowest BCUT2D eigenvalue weighted by Crippen LogP contribution is -2.24. The van der Waals surface area contributed by atoms with Gasteiger partial charge in [0.15, 0.2) is 0 Å². The Bertz CT molecular complexity index is 369. The molecule has 0 radical (unpaired) electrons. The fraction of sp³-hybridized carbons (Fsp3) is 0.545. The molecular weight excluding hydrogens is 178 g/mol. The summed E-state index contributed by atoms with van der Waals surface area (Å²) in [6.45, 7) is 9.99. The molecule has 1 aromatic heterocycles. The zero-order valence-corrected chi connectivity index (χ0v) is 9.38. The summed E-state index contributed by atoms with van der Waals surface area (Å²) in [6.07, 6.45) is 0.